The topological polar surface area (TPSA) is 78.4 Å². The van der Waals surface area contributed by atoms with Crippen molar-refractivity contribution >= 4 is 12.0 Å². The molecular formula is C13H26N2O3. The second-order valence-electron chi connectivity index (χ2n) is 4.86. The molecule has 5 heteroatoms. The highest BCUT2D eigenvalue weighted by Gasteiger charge is 2.25. The fourth-order valence-corrected chi connectivity index (χ4v) is 1.67. The number of carboxylic acids is 1. The van der Waals surface area contributed by atoms with Gasteiger partial charge in [-0.05, 0) is 19.3 Å². The summed E-state index contributed by atoms with van der Waals surface area (Å²) in [6, 6.07) is -1.16. The van der Waals surface area contributed by atoms with Gasteiger partial charge in [0.15, 0.2) is 0 Å². The van der Waals surface area contributed by atoms with Crippen molar-refractivity contribution in [2.75, 3.05) is 0 Å². The van der Waals surface area contributed by atoms with Crippen LogP contribution < -0.4 is 10.6 Å². The number of aliphatic carboxylic acids is 1. The van der Waals surface area contributed by atoms with Crippen LogP contribution in [0.3, 0.4) is 0 Å². The average molecular weight is 258 g/mol. The molecule has 3 N–H and O–H groups in total. The Bertz CT molecular complexity index is 269. The zero-order valence-corrected chi connectivity index (χ0v) is 11.8. The summed E-state index contributed by atoms with van der Waals surface area (Å²) >= 11 is 0. The second-order valence-corrected chi connectivity index (χ2v) is 4.86. The molecule has 0 radical (unpaired) electrons. The Labute approximate surface area is 109 Å². The van der Waals surface area contributed by atoms with E-state index in [0.29, 0.717) is 6.42 Å². The molecule has 0 fully saturated rings. The van der Waals surface area contributed by atoms with Gasteiger partial charge in [-0.25, -0.2) is 9.59 Å². The number of urea groups is 1. The van der Waals surface area contributed by atoms with E-state index in [4.69, 9.17) is 5.11 Å². The first-order valence-corrected chi connectivity index (χ1v) is 6.72. The summed E-state index contributed by atoms with van der Waals surface area (Å²) in [6.45, 7) is 7.74. The lowest BCUT2D eigenvalue weighted by Crippen LogP contribution is -2.50. The molecule has 0 saturated carbocycles. The Morgan fingerprint density at radius 2 is 1.78 bits per heavy atom. The molecule has 0 aromatic rings. The van der Waals surface area contributed by atoms with Crippen molar-refractivity contribution in [3.63, 3.8) is 0 Å². The highest BCUT2D eigenvalue weighted by molar-refractivity contribution is 5.82. The van der Waals surface area contributed by atoms with Crippen LogP contribution in [0.25, 0.3) is 0 Å². The number of hydrogen-bond donors (Lipinski definition) is 3. The molecule has 0 aliphatic carbocycles. The van der Waals surface area contributed by atoms with Crippen LogP contribution in [0.5, 0.6) is 0 Å². The first-order chi connectivity index (χ1) is 8.42. The van der Waals surface area contributed by atoms with Crippen LogP contribution in [0, 0.1) is 5.92 Å². The Morgan fingerprint density at radius 1 is 1.17 bits per heavy atom. The van der Waals surface area contributed by atoms with E-state index < -0.39 is 18.0 Å². The lowest BCUT2D eigenvalue weighted by atomic mass is 9.99. The highest BCUT2D eigenvalue weighted by atomic mass is 16.4. The summed E-state index contributed by atoms with van der Waals surface area (Å²) in [4.78, 5) is 22.7. The molecule has 3 atom stereocenters. The van der Waals surface area contributed by atoms with Crippen LogP contribution in [0.4, 0.5) is 4.79 Å². The monoisotopic (exact) mass is 258 g/mol. The van der Waals surface area contributed by atoms with E-state index in [9.17, 15) is 9.59 Å². The molecule has 0 aliphatic heterocycles. The van der Waals surface area contributed by atoms with E-state index >= 15 is 0 Å². The predicted molar refractivity (Wildman–Crippen MR) is 71.5 cm³/mol. The zero-order valence-electron chi connectivity index (χ0n) is 11.8. The van der Waals surface area contributed by atoms with E-state index in [1.165, 1.54) is 0 Å². The maximum Gasteiger partial charge on any atom is 0.326 e. The molecule has 0 bridgehead atoms. The fourth-order valence-electron chi connectivity index (χ4n) is 1.67. The predicted octanol–water partition coefficient (Wildman–Crippen LogP) is 2.36. The Balaban J connectivity index is 4.21. The van der Waals surface area contributed by atoms with E-state index in [1.807, 2.05) is 20.8 Å². The average Bonchev–Trinajstić information content (AvgIpc) is 2.32. The maximum atomic E-state index is 11.7. The van der Waals surface area contributed by atoms with Gasteiger partial charge < -0.3 is 15.7 Å². The third kappa shape index (κ3) is 6.47. The molecule has 5 nitrogen and oxygen atoms in total. The van der Waals surface area contributed by atoms with Crippen molar-refractivity contribution in [3.8, 4) is 0 Å². The summed E-state index contributed by atoms with van der Waals surface area (Å²) in [5.41, 5.74) is 0. The molecule has 18 heavy (non-hydrogen) atoms. The molecule has 2 amide bonds. The van der Waals surface area contributed by atoms with Crippen LogP contribution in [0.2, 0.25) is 0 Å². The van der Waals surface area contributed by atoms with Gasteiger partial charge in [0.25, 0.3) is 0 Å². The van der Waals surface area contributed by atoms with Crippen LogP contribution in [0.15, 0.2) is 0 Å². The van der Waals surface area contributed by atoms with E-state index in [-0.39, 0.29) is 12.0 Å². The standard InChI is InChI=1S/C13H26N2O3/c1-5-7-8-10(4)14-13(18)15-11(12(16)17)9(3)6-2/h9-11H,5-8H2,1-4H3,(H,16,17)(H2,14,15,18)/t9?,10?,11-/m0/s1. The minimum atomic E-state index is -0.985. The van der Waals surface area contributed by atoms with Crippen molar-refractivity contribution in [2.24, 2.45) is 5.92 Å². The van der Waals surface area contributed by atoms with Gasteiger partial charge in [-0.15, -0.1) is 0 Å². The molecular weight excluding hydrogens is 232 g/mol. The summed E-state index contributed by atoms with van der Waals surface area (Å²) in [7, 11) is 0. The molecule has 0 saturated heterocycles. The molecule has 0 aromatic heterocycles. The Kier molecular flexibility index (Phi) is 8.16. The van der Waals surface area contributed by atoms with E-state index in [0.717, 1.165) is 19.3 Å². The number of carbonyl (C=O) groups excluding carboxylic acids is 1. The second kappa shape index (κ2) is 8.78. The first kappa shape index (κ1) is 16.7. The van der Waals surface area contributed by atoms with Crippen molar-refractivity contribution in [1.29, 1.82) is 0 Å². The van der Waals surface area contributed by atoms with Crippen molar-refractivity contribution in [1.82, 2.24) is 10.6 Å². The molecule has 2 unspecified atom stereocenters. The minimum absolute atomic E-state index is 0.0660. The van der Waals surface area contributed by atoms with Gasteiger partial charge in [-0.2, -0.15) is 0 Å². The van der Waals surface area contributed by atoms with Crippen molar-refractivity contribution < 1.29 is 14.7 Å². The summed E-state index contributed by atoms with van der Waals surface area (Å²) < 4.78 is 0. The number of hydrogen-bond acceptors (Lipinski definition) is 2. The van der Waals surface area contributed by atoms with E-state index in [1.54, 1.807) is 0 Å². The van der Waals surface area contributed by atoms with Crippen LogP contribution in [-0.2, 0) is 4.79 Å². The van der Waals surface area contributed by atoms with Gasteiger partial charge in [0, 0.05) is 6.04 Å². The summed E-state index contributed by atoms with van der Waals surface area (Å²) in [6.07, 6.45) is 3.75. The minimum Gasteiger partial charge on any atom is -0.480 e. The third-order valence-electron chi connectivity index (χ3n) is 3.13. The Hall–Kier alpha value is -1.26. The first-order valence-electron chi connectivity index (χ1n) is 6.72. The third-order valence-corrected chi connectivity index (χ3v) is 3.13. The quantitative estimate of drug-likeness (QED) is 0.625. The smallest absolute Gasteiger partial charge is 0.326 e. The van der Waals surface area contributed by atoms with Gasteiger partial charge in [0.05, 0.1) is 0 Å². The number of rotatable bonds is 8. The summed E-state index contributed by atoms with van der Waals surface area (Å²) in [5.74, 6) is -1.07. The SMILES string of the molecule is CCCCC(C)NC(=O)N[C@H](C(=O)O)C(C)CC. The summed E-state index contributed by atoms with van der Waals surface area (Å²) in [5, 5.41) is 14.3. The Morgan fingerprint density at radius 3 is 2.22 bits per heavy atom. The fraction of sp³-hybridized carbons (Fsp3) is 0.846. The molecule has 0 aliphatic rings. The van der Waals surface area contributed by atoms with Crippen LogP contribution >= 0.6 is 0 Å². The van der Waals surface area contributed by atoms with Gasteiger partial charge in [0.1, 0.15) is 6.04 Å². The van der Waals surface area contributed by atoms with Crippen molar-refractivity contribution in [2.45, 2.75) is 65.5 Å². The lowest BCUT2D eigenvalue weighted by molar-refractivity contribution is -0.140. The lowest BCUT2D eigenvalue weighted by Gasteiger charge is -2.22. The zero-order chi connectivity index (χ0) is 14.1. The number of amides is 2. The molecule has 0 spiro atoms. The highest BCUT2D eigenvalue weighted by Crippen LogP contribution is 2.08. The van der Waals surface area contributed by atoms with Crippen molar-refractivity contribution in [3.05, 3.63) is 0 Å². The number of carbonyl (C=O) groups is 2. The normalized spacial score (nSPS) is 15.6. The molecule has 0 rings (SSSR count). The van der Waals surface area contributed by atoms with Gasteiger partial charge in [0.2, 0.25) is 0 Å². The van der Waals surface area contributed by atoms with Crippen LogP contribution in [0.1, 0.15) is 53.4 Å². The van der Waals surface area contributed by atoms with E-state index in [2.05, 4.69) is 17.6 Å². The molecule has 0 heterocycles. The van der Waals surface area contributed by atoms with Gasteiger partial charge >= 0.3 is 12.0 Å². The van der Waals surface area contributed by atoms with Gasteiger partial charge in [-0.1, -0.05) is 40.0 Å². The molecule has 106 valence electrons. The maximum absolute atomic E-state index is 11.7. The number of carboxylic acid groups (broad SMARTS) is 1. The van der Waals surface area contributed by atoms with Gasteiger partial charge in [-0.3, -0.25) is 0 Å². The molecule has 0 aromatic carbocycles. The number of nitrogens with one attached hydrogen (secondary N) is 2. The van der Waals surface area contributed by atoms with Crippen LogP contribution in [-0.4, -0.2) is 29.2 Å². The number of unbranched alkanes of at least 4 members (excludes halogenated alkanes) is 1. The largest absolute Gasteiger partial charge is 0.480 e.